The minimum Gasteiger partial charge on any atom is -0.376 e. The van der Waals surface area contributed by atoms with E-state index in [1.807, 2.05) is 20.8 Å². The van der Waals surface area contributed by atoms with Gasteiger partial charge in [-0.2, -0.15) is 0 Å². The van der Waals surface area contributed by atoms with Gasteiger partial charge in [0.2, 0.25) is 5.91 Å². The number of rotatable bonds is 7. The van der Waals surface area contributed by atoms with Gasteiger partial charge in [-0.3, -0.25) is 9.59 Å². The lowest BCUT2D eigenvalue weighted by atomic mass is 10.0. The van der Waals surface area contributed by atoms with Crippen LogP contribution in [0.4, 0.5) is 11.5 Å². The average Bonchev–Trinajstić information content (AvgIpc) is 2.97. The number of nitrogens with zero attached hydrogens (tertiary/aromatic N) is 1. The smallest absolute Gasteiger partial charge is 0.253 e. The summed E-state index contributed by atoms with van der Waals surface area (Å²) in [5.74, 6) is 0.464. The van der Waals surface area contributed by atoms with Gasteiger partial charge in [-0.25, -0.2) is 0 Å². The van der Waals surface area contributed by atoms with Gasteiger partial charge < -0.3 is 20.5 Å². The van der Waals surface area contributed by atoms with Gasteiger partial charge in [0.25, 0.3) is 5.91 Å². The van der Waals surface area contributed by atoms with Crippen molar-refractivity contribution in [2.75, 3.05) is 17.2 Å². The third kappa shape index (κ3) is 5.49. The molecule has 1 aromatic carbocycles. The number of halogens is 1. The van der Waals surface area contributed by atoms with Gasteiger partial charge in [0.15, 0.2) is 5.82 Å². The molecule has 0 unspecified atom stereocenters. The Bertz CT molecular complexity index is 801. The summed E-state index contributed by atoms with van der Waals surface area (Å²) in [4.78, 5) is 24.2. The van der Waals surface area contributed by atoms with E-state index in [9.17, 15) is 9.59 Å². The fourth-order valence-corrected chi connectivity index (χ4v) is 2.33. The fraction of sp³-hybridized carbons (Fsp3) is 0.389. The summed E-state index contributed by atoms with van der Waals surface area (Å²) < 4.78 is 4.88. The highest BCUT2D eigenvalue weighted by Crippen LogP contribution is 2.22. The van der Waals surface area contributed by atoms with Gasteiger partial charge in [0, 0.05) is 17.3 Å². The SMILES string of the molecule is CCC(C)(C)NC(=O)c1ccc(NCC(=O)Nc2cc(C)on2)cc1Cl. The van der Waals surface area contributed by atoms with Crippen molar-refractivity contribution < 1.29 is 14.1 Å². The van der Waals surface area contributed by atoms with Gasteiger partial charge >= 0.3 is 0 Å². The highest BCUT2D eigenvalue weighted by Gasteiger charge is 2.20. The molecule has 0 aliphatic rings. The fourth-order valence-electron chi connectivity index (χ4n) is 2.07. The van der Waals surface area contributed by atoms with Gasteiger partial charge in [0.1, 0.15) is 5.76 Å². The quantitative estimate of drug-likeness (QED) is 0.684. The topological polar surface area (TPSA) is 96.3 Å². The first-order valence-corrected chi connectivity index (χ1v) is 8.67. The van der Waals surface area contributed by atoms with E-state index >= 15 is 0 Å². The molecule has 0 bridgehead atoms. The predicted molar refractivity (Wildman–Crippen MR) is 102 cm³/mol. The first kappa shape index (κ1) is 19.8. The minimum atomic E-state index is -0.311. The first-order valence-electron chi connectivity index (χ1n) is 8.29. The molecule has 0 aliphatic heterocycles. The van der Waals surface area contributed by atoms with Crippen LogP contribution in [0, 0.1) is 6.92 Å². The van der Waals surface area contributed by atoms with Gasteiger partial charge in [-0.05, 0) is 45.4 Å². The first-order chi connectivity index (χ1) is 12.2. The van der Waals surface area contributed by atoms with E-state index in [4.69, 9.17) is 16.1 Å². The van der Waals surface area contributed by atoms with E-state index < -0.39 is 0 Å². The van der Waals surface area contributed by atoms with Crippen LogP contribution in [0.3, 0.4) is 0 Å². The van der Waals surface area contributed by atoms with Crippen LogP contribution in [-0.4, -0.2) is 29.1 Å². The highest BCUT2D eigenvalue weighted by molar-refractivity contribution is 6.34. The number of nitrogens with one attached hydrogen (secondary N) is 3. The Morgan fingerprint density at radius 1 is 1.27 bits per heavy atom. The number of carbonyl (C=O) groups excluding carboxylic acids is 2. The number of aryl methyl sites for hydroxylation is 1. The molecule has 0 saturated heterocycles. The van der Waals surface area contributed by atoms with Gasteiger partial charge in [0.05, 0.1) is 17.1 Å². The van der Waals surface area contributed by atoms with Crippen molar-refractivity contribution in [3.8, 4) is 0 Å². The monoisotopic (exact) mass is 378 g/mol. The van der Waals surface area contributed by atoms with Crippen LogP contribution in [0.25, 0.3) is 0 Å². The van der Waals surface area contributed by atoms with E-state index in [-0.39, 0.29) is 23.9 Å². The van der Waals surface area contributed by atoms with Crippen molar-refractivity contribution in [3.05, 3.63) is 40.6 Å². The number of amides is 2. The zero-order chi connectivity index (χ0) is 19.3. The molecule has 3 N–H and O–H groups in total. The summed E-state index contributed by atoms with van der Waals surface area (Å²) in [6.45, 7) is 7.66. The lowest BCUT2D eigenvalue weighted by molar-refractivity contribution is -0.114. The van der Waals surface area contributed by atoms with E-state index in [1.165, 1.54) is 0 Å². The normalized spacial score (nSPS) is 11.1. The third-order valence-electron chi connectivity index (χ3n) is 3.90. The third-order valence-corrected chi connectivity index (χ3v) is 4.21. The molecule has 7 nitrogen and oxygen atoms in total. The number of hydrogen-bond acceptors (Lipinski definition) is 5. The predicted octanol–water partition coefficient (Wildman–Crippen LogP) is 3.61. The Kier molecular flexibility index (Phi) is 6.26. The standard InChI is InChI=1S/C18H23ClN4O3/c1-5-18(3,4)22-17(25)13-7-6-12(9-14(13)19)20-10-16(24)21-15-8-11(2)26-23-15/h6-9,20H,5,10H2,1-4H3,(H,22,25)(H,21,23,24). The molecule has 140 valence electrons. The number of benzene rings is 1. The molecular weight excluding hydrogens is 356 g/mol. The van der Waals surface area contributed by atoms with Crippen LogP contribution in [0.5, 0.6) is 0 Å². The van der Waals surface area contributed by atoms with Crippen molar-refractivity contribution >= 4 is 34.9 Å². The van der Waals surface area contributed by atoms with Gasteiger partial charge in [-0.15, -0.1) is 0 Å². The lowest BCUT2D eigenvalue weighted by Gasteiger charge is -2.24. The maximum Gasteiger partial charge on any atom is 0.253 e. The molecule has 1 aromatic heterocycles. The van der Waals surface area contributed by atoms with Crippen LogP contribution >= 0.6 is 11.6 Å². The minimum absolute atomic E-state index is 0.0244. The summed E-state index contributed by atoms with van der Waals surface area (Å²) in [5.41, 5.74) is 0.712. The summed E-state index contributed by atoms with van der Waals surface area (Å²) in [6, 6.07) is 6.57. The molecule has 0 spiro atoms. The number of aromatic nitrogens is 1. The molecule has 2 aromatic rings. The summed E-state index contributed by atoms with van der Waals surface area (Å²) in [7, 11) is 0. The van der Waals surface area contributed by atoms with Gasteiger partial charge in [-0.1, -0.05) is 23.7 Å². The Hall–Kier alpha value is -2.54. The molecule has 0 aliphatic carbocycles. The Labute approximate surface area is 157 Å². The maximum atomic E-state index is 12.3. The molecule has 2 rings (SSSR count). The van der Waals surface area contributed by atoms with E-state index in [1.54, 1.807) is 31.2 Å². The molecular formula is C18H23ClN4O3. The molecule has 0 fully saturated rings. The van der Waals surface area contributed by atoms with Crippen molar-refractivity contribution in [1.82, 2.24) is 10.5 Å². The molecule has 26 heavy (non-hydrogen) atoms. The average molecular weight is 379 g/mol. The molecule has 0 radical (unpaired) electrons. The van der Waals surface area contributed by atoms with E-state index in [0.717, 1.165) is 6.42 Å². The number of hydrogen-bond donors (Lipinski definition) is 3. The highest BCUT2D eigenvalue weighted by atomic mass is 35.5. The van der Waals surface area contributed by atoms with E-state index in [2.05, 4.69) is 21.1 Å². The second-order valence-corrected chi connectivity index (χ2v) is 7.02. The van der Waals surface area contributed by atoms with Crippen molar-refractivity contribution in [3.63, 3.8) is 0 Å². The second-order valence-electron chi connectivity index (χ2n) is 6.61. The number of carbonyl (C=O) groups is 2. The van der Waals surface area contributed by atoms with Crippen molar-refractivity contribution in [2.45, 2.75) is 39.7 Å². The molecule has 8 heteroatoms. The summed E-state index contributed by atoms with van der Waals surface area (Å²) >= 11 is 6.22. The zero-order valence-electron chi connectivity index (χ0n) is 15.3. The molecule has 1 heterocycles. The Morgan fingerprint density at radius 3 is 2.58 bits per heavy atom. The van der Waals surface area contributed by atoms with Crippen LogP contribution in [-0.2, 0) is 4.79 Å². The Balaban J connectivity index is 1.94. The van der Waals surface area contributed by atoms with Crippen molar-refractivity contribution in [1.29, 1.82) is 0 Å². The largest absolute Gasteiger partial charge is 0.376 e. The lowest BCUT2D eigenvalue weighted by Crippen LogP contribution is -2.42. The van der Waals surface area contributed by atoms with Crippen LogP contribution < -0.4 is 16.0 Å². The molecule has 0 saturated carbocycles. The molecule has 0 atom stereocenters. The second kappa shape index (κ2) is 8.23. The van der Waals surface area contributed by atoms with E-state index in [0.29, 0.717) is 27.9 Å². The van der Waals surface area contributed by atoms with Crippen molar-refractivity contribution in [2.24, 2.45) is 0 Å². The van der Waals surface area contributed by atoms with Crippen LogP contribution in [0.2, 0.25) is 5.02 Å². The molecule has 2 amide bonds. The van der Waals surface area contributed by atoms with Crippen LogP contribution in [0.15, 0.2) is 28.8 Å². The summed E-state index contributed by atoms with van der Waals surface area (Å²) in [6.07, 6.45) is 0.802. The zero-order valence-corrected chi connectivity index (χ0v) is 16.0. The number of anilines is 2. The Morgan fingerprint density at radius 2 is 2.00 bits per heavy atom. The van der Waals surface area contributed by atoms with Crippen LogP contribution in [0.1, 0.15) is 43.3 Å². The maximum absolute atomic E-state index is 12.3. The summed E-state index contributed by atoms with van der Waals surface area (Å²) in [5, 5.41) is 12.5.